The third-order valence-electron chi connectivity index (χ3n) is 11.6. The van der Waals surface area contributed by atoms with Gasteiger partial charge in [-0.25, -0.2) is 19.6 Å². The van der Waals surface area contributed by atoms with Crippen LogP contribution in [0.2, 0.25) is 0 Å². The lowest BCUT2D eigenvalue weighted by Crippen LogP contribution is -2.52. The molecule has 4 aliphatic rings. The molecule has 14 nitrogen and oxygen atoms in total. The van der Waals surface area contributed by atoms with Crippen LogP contribution in [0, 0.1) is 35.5 Å². The van der Waals surface area contributed by atoms with Gasteiger partial charge in [-0.1, -0.05) is 51.7 Å². The predicted molar refractivity (Wildman–Crippen MR) is 202 cm³/mol. The minimum absolute atomic E-state index is 0.105. The zero-order valence-electron chi connectivity index (χ0n) is 31.5. The van der Waals surface area contributed by atoms with Gasteiger partial charge in [0.1, 0.15) is 23.7 Å². The second-order valence-corrected chi connectivity index (χ2v) is 16.0. The molecule has 4 aromatic rings. The highest BCUT2D eigenvalue weighted by atomic mass is 16.5. The molecule has 14 heteroatoms. The minimum atomic E-state index is -1.21. The van der Waals surface area contributed by atoms with Crippen LogP contribution in [0.4, 0.5) is 9.59 Å². The Balaban J connectivity index is 0.946. The molecule has 2 aromatic carbocycles. The maximum atomic E-state index is 13.7. The molecule has 0 unspecified atom stereocenters. The van der Waals surface area contributed by atoms with Crippen molar-refractivity contribution in [1.82, 2.24) is 40.4 Å². The number of alkyl carbamates (subject to hydrolysis) is 1. The van der Waals surface area contributed by atoms with Crippen LogP contribution >= 0.6 is 0 Å². The first-order valence-corrected chi connectivity index (χ1v) is 19.1. The summed E-state index contributed by atoms with van der Waals surface area (Å²) in [5.74, 6) is 8.19. The fourth-order valence-corrected chi connectivity index (χ4v) is 8.50. The Bertz CT molecular complexity index is 2220. The number of imidazole rings is 2. The fraction of sp³-hybridized carbons (Fsp3) is 0.463. The van der Waals surface area contributed by atoms with Crippen LogP contribution < -0.4 is 10.6 Å². The maximum absolute atomic E-state index is 13.7. The largest absolute Gasteiger partial charge is 0.465 e. The number of rotatable bonds is 9. The first-order valence-electron chi connectivity index (χ1n) is 19.1. The Labute approximate surface area is 318 Å². The second kappa shape index (κ2) is 14.1. The quantitative estimate of drug-likeness (QED) is 0.142. The van der Waals surface area contributed by atoms with E-state index >= 15 is 0 Å². The zero-order valence-corrected chi connectivity index (χ0v) is 31.5. The monoisotopic (exact) mass is 746 g/mol. The number of likely N-dealkylation sites (tertiary alicyclic amines) is 2. The molecular formula is C41H46N8O6. The van der Waals surface area contributed by atoms with Crippen molar-refractivity contribution in [2.24, 2.45) is 23.7 Å². The summed E-state index contributed by atoms with van der Waals surface area (Å²) in [6.07, 6.45) is 3.50. The van der Waals surface area contributed by atoms with E-state index in [1.54, 1.807) is 6.20 Å². The standard InChI is InChI=1S/C41H46N8O6/c1-20(2)34(46-40(52)53)38(50)49-31-16-26(31)18-33(49)37-43-27-13-10-23(14-28(27)44-37)7-6-22-8-11-24(12-9-22)29-19-42-36(45-29)32-17-25-15-30(25)48(32)39(51)35(21(3)4)47-41(54)55-5/h8-14,19-21,25-26,30-35,46H,15-18H2,1-5H3,(H,42,45)(H,43,44)(H,47,54)(H,52,53)/t25-,26-,30-,31-,32+,33+,34+,35+/m1/s1. The molecule has 4 amide bonds. The van der Waals surface area contributed by atoms with Crippen LogP contribution in [0.1, 0.15) is 88.2 Å². The van der Waals surface area contributed by atoms with E-state index in [2.05, 4.69) is 32.4 Å². The lowest BCUT2D eigenvalue weighted by Gasteiger charge is -2.31. The molecule has 55 heavy (non-hydrogen) atoms. The fourth-order valence-electron chi connectivity index (χ4n) is 8.50. The summed E-state index contributed by atoms with van der Waals surface area (Å²) in [5.41, 5.74) is 5.04. The number of aromatic nitrogens is 4. The van der Waals surface area contributed by atoms with Gasteiger partial charge in [-0.05, 0) is 85.3 Å². The van der Waals surface area contributed by atoms with Crippen molar-refractivity contribution in [3.63, 3.8) is 0 Å². The van der Waals surface area contributed by atoms with E-state index in [-0.39, 0.29) is 47.8 Å². The highest BCUT2D eigenvalue weighted by Crippen LogP contribution is 2.54. The number of carbonyl (C=O) groups excluding carboxylic acids is 3. The lowest BCUT2D eigenvalue weighted by molar-refractivity contribution is -0.137. The predicted octanol–water partition coefficient (Wildman–Crippen LogP) is 5.35. The second-order valence-electron chi connectivity index (χ2n) is 16.0. The summed E-state index contributed by atoms with van der Waals surface area (Å²) in [6.45, 7) is 7.51. The average Bonchev–Trinajstić information content (AvgIpc) is 3.79. The third-order valence-corrected chi connectivity index (χ3v) is 11.6. The van der Waals surface area contributed by atoms with E-state index < -0.39 is 24.3 Å². The number of H-pyrrole nitrogens is 2. The number of piperidine rings is 2. The summed E-state index contributed by atoms with van der Waals surface area (Å²) >= 11 is 0. The molecule has 2 aliphatic carbocycles. The van der Waals surface area contributed by atoms with Crippen LogP contribution in [0.25, 0.3) is 22.3 Å². The van der Waals surface area contributed by atoms with Crippen molar-refractivity contribution < 1.29 is 29.0 Å². The van der Waals surface area contributed by atoms with Gasteiger partial charge >= 0.3 is 12.2 Å². The van der Waals surface area contributed by atoms with Gasteiger partial charge in [-0.3, -0.25) is 9.59 Å². The maximum Gasteiger partial charge on any atom is 0.407 e. The van der Waals surface area contributed by atoms with Crippen molar-refractivity contribution in [2.75, 3.05) is 7.11 Å². The van der Waals surface area contributed by atoms with E-state index in [1.807, 2.05) is 80.0 Å². The van der Waals surface area contributed by atoms with E-state index in [0.29, 0.717) is 17.7 Å². The molecular weight excluding hydrogens is 701 g/mol. The van der Waals surface area contributed by atoms with E-state index in [0.717, 1.165) is 64.9 Å². The third kappa shape index (κ3) is 6.99. The smallest absolute Gasteiger partial charge is 0.407 e. The van der Waals surface area contributed by atoms with Crippen LogP contribution in [0.5, 0.6) is 0 Å². The van der Waals surface area contributed by atoms with E-state index in [1.165, 1.54) is 7.11 Å². The first kappa shape index (κ1) is 36.2. The van der Waals surface area contributed by atoms with Crippen LogP contribution in [0.15, 0.2) is 48.7 Å². The number of benzene rings is 2. The lowest BCUT2D eigenvalue weighted by atomic mass is 10.0. The molecule has 8 rings (SSSR count). The molecule has 4 fully saturated rings. The molecule has 2 aromatic heterocycles. The first-order chi connectivity index (χ1) is 26.4. The minimum Gasteiger partial charge on any atom is -0.465 e. The zero-order chi connectivity index (χ0) is 38.7. The molecule has 5 N–H and O–H groups in total. The van der Waals surface area contributed by atoms with E-state index in [9.17, 15) is 24.3 Å². The summed E-state index contributed by atoms with van der Waals surface area (Å²) in [4.78, 5) is 71.0. The normalized spacial score (nSPS) is 24.5. The van der Waals surface area contributed by atoms with Gasteiger partial charge in [-0.15, -0.1) is 0 Å². The van der Waals surface area contributed by atoms with Gasteiger partial charge < -0.3 is 40.2 Å². The van der Waals surface area contributed by atoms with Gasteiger partial charge in [0.2, 0.25) is 11.8 Å². The summed E-state index contributed by atoms with van der Waals surface area (Å²) in [6, 6.07) is 12.1. The Kier molecular flexibility index (Phi) is 9.27. The Hall–Kier alpha value is -5.84. The number of nitrogens with zero attached hydrogens (tertiary/aromatic N) is 4. The molecule has 2 saturated heterocycles. The molecule has 4 heterocycles. The van der Waals surface area contributed by atoms with Gasteiger partial charge in [0.25, 0.3) is 0 Å². The number of hydrogen-bond donors (Lipinski definition) is 5. The highest BCUT2D eigenvalue weighted by molar-refractivity contribution is 5.88. The van der Waals surface area contributed by atoms with Crippen LogP contribution in [-0.4, -0.2) is 90.1 Å². The molecule has 286 valence electrons. The van der Waals surface area contributed by atoms with Crippen molar-refractivity contribution in [2.45, 2.75) is 89.6 Å². The highest BCUT2D eigenvalue weighted by Gasteiger charge is 2.57. The van der Waals surface area contributed by atoms with Crippen LogP contribution in [0.3, 0.4) is 0 Å². The summed E-state index contributed by atoms with van der Waals surface area (Å²) in [7, 11) is 1.29. The van der Waals surface area contributed by atoms with Crippen molar-refractivity contribution in [3.8, 4) is 23.1 Å². The number of methoxy groups -OCH3 is 1. The van der Waals surface area contributed by atoms with Gasteiger partial charge in [0.05, 0.1) is 42.1 Å². The summed E-state index contributed by atoms with van der Waals surface area (Å²) < 4.78 is 4.78. The number of fused-ring (bicyclic) bond motifs is 3. The SMILES string of the molecule is COC(=O)N[C@H](C(=O)N1[C@@H]2C[C@@H]2C[C@H]1c1ncc(-c2ccc(C#Cc3ccc4nc([C@@H]5C[C@H]6C[C@H]6N5C(=O)[C@@H](NC(=O)O)C(C)C)[nH]c4c3)cc2)[nH]1)C(C)C. The Morgan fingerprint density at radius 3 is 1.98 bits per heavy atom. The number of carbonyl (C=O) groups is 4. The van der Waals surface area contributed by atoms with E-state index in [4.69, 9.17) is 14.7 Å². The van der Waals surface area contributed by atoms with Crippen molar-refractivity contribution in [3.05, 3.63) is 71.4 Å². The number of amides is 4. The van der Waals surface area contributed by atoms with Gasteiger partial charge in [0, 0.05) is 23.2 Å². The number of carboxylic acid groups (broad SMARTS) is 1. The summed E-state index contributed by atoms with van der Waals surface area (Å²) in [5, 5.41) is 14.5. The molecule has 2 saturated carbocycles. The number of ether oxygens (including phenoxy) is 1. The van der Waals surface area contributed by atoms with Crippen molar-refractivity contribution >= 4 is 35.0 Å². The average molecular weight is 747 g/mol. The molecule has 0 radical (unpaired) electrons. The molecule has 0 bridgehead atoms. The van der Waals surface area contributed by atoms with Gasteiger partial charge in [0.15, 0.2) is 0 Å². The number of aromatic amines is 2. The Morgan fingerprint density at radius 1 is 0.800 bits per heavy atom. The number of hydrogen-bond acceptors (Lipinski definition) is 7. The van der Waals surface area contributed by atoms with Crippen LogP contribution in [-0.2, 0) is 14.3 Å². The Morgan fingerprint density at radius 2 is 1.38 bits per heavy atom. The molecule has 0 spiro atoms. The molecule has 8 atom stereocenters. The topological polar surface area (TPSA) is 186 Å². The van der Waals surface area contributed by atoms with Gasteiger partial charge in [-0.2, -0.15) is 0 Å². The van der Waals surface area contributed by atoms with Crippen molar-refractivity contribution in [1.29, 1.82) is 0 Å². The molecule has 2 aliphatic heterocycles. The number of nitrogens with one attached hydrogen (secondary N) is 4.